The van der Waals surface area contributed by atoms with Crippen LogP contribution in [0.4, 0.5) is 15.9 Å². The van der Waals surface area contributed by atoms with Crippen molar-refractivity contribution in [2.45, 2.75) is 11.8 Å². The van der Waals surface area contributed by atoms with Gasteiger partial charge in [0.25, 0.3) is 10.0 Å². The second kappa shape index (κ2) is 4.82. The van der Waals surface area contributed by atoms with Crippen molar-refractivity contribution in [1.29, 1.82) is 0 Å². The minimum Gasteiger partial charge on any atom is -0.398 e. The third-order valence-corrected chi connectivity index (χ3v) is 4.23. The first-order chi connectivity index (χ1) is 8.79. The lowest BCUT2D eigenvalue weighted by Gasteiger charge is -2.08. The third kappa shape index (κ3) is 2.87. The van der Waals surface area contributed by atoms with Gasteiger partial charge in [0.05, 0.1) is 10.2 Å². The fourth-order valence-corrected chi connectivity index (χ4v) is 3.00. The van der Waals surface area contributed by atoms with Crippen molar-refractivity contribution < 1.29 is 17.3 Å². The van der Waals surface area contributed by atoms with E-state index in [0.717, 1.165) is 12.1 Å². The summed E-state index contributed by atoms with van der Waals surface area (Å²) < 4.78 is 44.3. The summed E-state index contributed by atoms with van der Waals surface area (Å²) in [6, 6.07) is 3.42. The molecule has 102 valence electrons. The minimum absolute atomic E-state index is 0.00147. The smallest absolute Gasteiger partial charge is 0.265 e. The summed E-state index contributed by atoms with van der Waals surface area (Å²) in [5.41, 5.74) is 5.31. The van der Waals surface area contributed by atoms with Crippen molar-refractivity contribution in [3.63, 3.8) is 0 Å². The summed E-state index contributed by atoms with van der Waals surface area (Å²) in [6.07, 6.45) is 0. The summed E-state index contributed by atoms with van der Waals surface area (Å²) in [5.74, 6) is -0.169. The van der Waals surface area contributed by atoms with Gasteiger partial charge in [-0.2, -0.15) is 0 Å². The summed E-state index contributed by atoms with van der Waals surface area (Å²) in [7, 11) is -3.96. The lowest BCUT2D eigenvalue weighted by Crippen LogP contribution is -2.15. The molecule has 1 aromatic carbocycles. The lowest BCUT2D eigenvalue weighted by molar-refractivity contribution is 0.400. The van der Waals surface area contributed by atoms with Crippen LogP contribution >= 0.6 is 15.9 Å². The SMILES string of the molecule is Cc1cc(NS(=O)(=O)c2cc(Br)c(F)cc2N)no1. The Balaban J connectivity index is 2.42. The van der Waals surface area contributed by atoms with Crippen molar-refractivity contribution in [3.8, 4) is 0 Å². The molecule has 1 aromatic heterocycles. The molecule has 0 spiro atoms. The molecular formula is C10H9BrFN3O3S. The first-order valence-corrected chi connectivity index (χ1v) is 7.28. The number of nitrogens with zero attached hydrogens (tertiary/aromatic N) is 1. The molecule has 0 atom stereocenters. The predicted octanol–water partition coefficient (Wildman–Crippen LogP) is 2.27. The van der Waals surface area contributed by atoms with Crippen molar-refractivity contribution >= 4 is 37.5 Å². The Labute approximate surface area is 117 Å². The maximum absolute atomic E-state index is 13.2. The highest BCUT2D eigenvalue weighted by molar-refractivity contribution is 9.10. The van der Waals surface area contributed by atoms with E-state index in [1.807, 2.05) is 0 Å². The highest BCUT2D eigenvalue weighted by atomic mass is 79.9. The van der Waals surface area contributed by atoms with Crippen LogP contribution in [0, 0.1) is 12.7 Å². The van der Waals surface area contributed by atoms with E-state index in [-0.39, 0.29) is 20.9 Å². The maximum Gasteiger partial charge on any atom is 0.265 e. The number of anilines is 2. The molecule has 0 saturated heterocycles. The molecule has 2 aromatic rings. The Hall–Kier alpha value is -1.61. The second-order valence-electron chi connectivity index (χ2n) is 3.73. The summed E-state index contributed by atoms with van der Waals surface area (Å²) in [5, 5.41) is 3.50. The molecule has 0 saturated carbocycles. The van der Waals surface area contributed by atoms with Crippen LogP contribution in [0.15, 0.2) is 32.1 Å². The van der Waals surface area contributed by atoms with Gasteiger partial charge < -0.3 is 10.3 Å². The highest BCUT2D eigenvalue weighted by Crippen LogP contribution is 2.27. The largest absolute Gasteiger partial charge is 0.398 e. The van der Waals surface area contributed by atoms with Crippen molar-refractivity contribution in [2.24, 2.45) is 0 Å². The number of nitrogens with one attached hydrogen (secondary N) is 1. The van der Waals surface area contributed by atoms with Crippen LogP contribution in [0.2, 0.25) is 0 Å². The Morgan fingerprint density at radius 1 is 1.42 bits per heavy atom. The summed E-state index contributed by atoms with van der Waals surface area (Å²) >= 11 is 2.91. The number of nitrogens with two attached hydrogens (primary N) is 1. The van der Waals surface area contributed by atoms with E-state index in [1.165, 1.54) is 6.07 Å². The fourth-order valence-electron chi connectivity index (χ4n) is 1.38. The molecule has 19 heavy (non-hydrogen) atoms. The normalized spacial score (nSPS) is 11.5. The quantitative estimate of drug-likeness (QED) is 0.828. The topological polar surface area (TPSA) is 98.2 Å². The predicted molar refractivity (Wildman–Crippen MR) is 70.6 cm³/mol. The van der Waals surface area contributed by atoms with Crippen LogP contribution in [0.3, 0.4) is 0 Å². The third-order valence-electron chi connectivity index (χ3n) is 2.21. The maximum atomic E-state index is 13.2. The molecular weight excluding hydrogens is 341 g/mol. The van der Waals surface area contributed by atoms with E-state index in [4.69, 9.17) is 10.3 Å². The number of sulfonamides is 1. The Morgan fingerprint density at radius 3 is 2.68 bits per heavy atom. The molecule has 0 aliphatic heterocycles. The Morgan fingerprint density at radius 2 is 2.11 bits per heavy atom. The number of aryl methyl sites for hydroxylation is 1. The van der Waals surface area contributed by atoms with Gasteiger partial charge in [0.2, 0.25) is 0 Å². The van der Waals surface area contributed by atoms with Gasteiger partial charge in [0.1, 0.15) is 16.5 Å². The number of nitrogen functional groups attached to an aromatic ring is 1. The van der Waals surface area contributed by atoms with Crippen LogP contribution in [-0.2, 0) is 10.0 Å². The molecule has 6 nitrogen and oxygen atoms in total. The average molecular weight is 350 g/mol. The Bertz CT molecular complexity index is 730. The number of rotatable bonds is 3. The fraction of sp³-hybridized carbons (Fsp3) is 0.100. The zero-order valence-electron chi connectivity index (χ0n) is 9.65. The molecule has 0 bridgehead atoms. The lowest BCUT2D eigenvalue weighted by atomic mass is 10.3. The van der Waals surface area contributed by atoms with Gasteiger partial charge in [-0.25, -0.2) is 12.8 Å². The molecule has 0 radical (unpaired) electrons. The first kappa shape index (κ1) is 13.8. The average Bonchev–Trinajstić information content (AvgIpc) is 2.68. The second-order valence-corrected chi connectivity index (χ2v) is 6.24. The van der Waals surface area contributed by atoms with Gasteiger partial charge >= 0.3 is 0 Å². The van der Waals surface area contributed by atoms with Gasteiger partial charge in [-0.05, 0) is 35.0 Å². The zero-order valence-corrected chi connectivity index (χ0v) is 12.0. The van der Waals surface area contributed by atoms with Gasteiger partial charge in [-0.1, -0.05) is 5.16 Å². The van der Waals surface area contributed by atoms with Crippen LogP contribution in [0.5, 0.6) is 0 Å². The number of hydrogen-bond donors (Lipinski definition) is 2. The molecule has 0 aliphatic rings. The number of halogens is 2. The molecule has 0 amide bonds. The van der Waals surface area contributed by atoms with Gasteiger partial charge in [-0.3, -0.25) is 4.72 Å². The number of benzene rings is 1. The molecule has 0 fully saturated rings. The molecule has 0 unspecified atom stereocenters. The molecule has 2 rings (SSSR count). The zero-order chi connectivity index (χ0) is 14.2. The van der Waals surface area contributed by atoms with E-state index in [1.54, 1.807) is 6.92 Å². The van der Waals surface area contributed by atoms with Crippen LogP contribution < -0.4 is 10.5 Å². The first-order valence-electron chi connectivity index (χ1n) is 5.00. The molecule has 0 aliphatic carbocycles. The van der Waals surface area contributed by atoms with E-state index in [0.29, 0.717) is 5.76 Å². The van der Waals surface area contributed by atoms with Crippen LogP contribution in [0.25, 0.3) is 0 Å². The van der Waals surface area contributed by atoms with Gasteiger partial charge in [0.15, 0.2) is 5.82 Å². The number of hydrogen-bond acceptors (Lipinski definition) is 5. The molecule has 9 heteroatoms. The van der Waals surface area contributed by atoms with Crippen molar-refractivity contribution in [2.75, 3.05) is 10.5 Å². The van der Waals surface area contributed by atoms with Crippen molar-refractivity contribution in [1.82, 2.24) is 5.16 Å². The summed E-state index contributed by atoms with van der Waals surface area (Å²) in [6.45, 7) is 1.62. The number of aromatic nitrogens is 1. The standard InChI is InChI=1S/C10H9BrFN3O3S/c1-5-2-10(14-18-5)15-19(16,17)9-3-6(11)7(12)4-8(9)13/h2-4H,13H2,1H3,(H,14,15). The highest BCUT2D eigenvalue weighted by Gasteiger charge is 2.21. The minimum atomic E-state index is -3.96. The molecule has 3 N–H and O–H groups in total. The van der Waals surface area contributed by atoms with E-state index in [9.17, 15) is 12.8 Å². The van der Waals surface area contributed by atoms with E-state index in [2.05, 4.69) is 25.8 Å². The Kier molecular flexibility index (Phi) is 3.50. The van der Waals surface area contributed by atoms with Crippen LogP contribution in [-0.4, -0.2) is 13.6 Å². The van der Waals surface area contributed by atoms with E-state index < -0.39 is 15.8 Å². The van der Waals surface area contributed by atoms with E-state index >= 15 is 0 Å². The monoisotopic (exact) mass is 349 g/mol. The van der Waals surface area contributed by atoms with Gasteiger partial charge in [-0.15, -0.1) is 0 Å². The van der Waals surface area contributed by atoms with Gasteiger partial charge in [0, 0.05) is 6.07 Å². The van der Waals surface area contributed by atoms with Crippen molar-refractivity contribution in [3.05, 3.63) is 34.2 Å². The molecule has 1 heterocycles. The van der Waals surface area contributed by atoms with Crippen LogP contribution in [0.1, 0.15) is 5.76 Å². The summed E-state index contributed by atoms with van der Waals surface area (Å²) in [4.78, 5) is -0.249.